The van der Waals surface area contributed by atoms with Gasteiger partial charge in [-0.05, 0) is 37.3 Å². The van der Waals surface area contributed by atoms with Crippen LogP contribution in [-0.2, 0) is 6.42 Å². The highest BCUT2D eigenvalue weighted by molar-refractivity contribution is 5.15. The molecule has 112 valence electrons. The Bertz CT molecular complexity index is 403. The fourth-order valence-corrected chi connectivity index (χ4v) is 3.88. The van der Waals surface area contributed by atoms with Gasteiger partial charge >= 0.3 is 0 Å². The third-order valence-corrected chi connectivity index (χ3v) is 5.66. The summed E-state index contributed by atoms with van der Waals surface area (Å²) in [5.41, 5.74) is 7.84. The Balaban J connectivity index is 2.03. The summed E-state index contributed by atoms with van der Waals surface area (Å²) in [5.74, 6) is 1.47. The monoisotopic (exact) mass is 274 g/mol. The molecule has 2 rings (SSSR count). The lowest BCUT2D eigenvalue weighted by atomic mass is 9.67. The Hall–Kier alpha value is -0.860. The fourth-order valence-electron chi connectivity index (χ4n) is 3.88. The Morgan fingerprint density at radius 3 is 2.60 bits per heavy atom. The smallest absolute Gasteiger partial charge is 0.0356 e. The molecule has 1 fully saturated rings. The van der Waals surface area contributed by atoms with Crippen LogP contribution < -0.4 is 5.73 Å². The van der Waals surface area contributed by atoms with Gasteiger partial charge in [0.15, 0.2) is 0 Å². The van der Waals surface area contributed by atoms with E-state index in [-0.39, 0.29) is 5.54 Å². The van der Waals surface area contributed by atoms with Crippen LogP contribution in [0.2, 0.25) is 0 Å². The van der Waals surface area contributed by atoms with Crippen LogP contribution in [-0.4, -0.2) is 30.6 Å². The molecule has 2 heteroatoms. The second-order valence-corrected chi connectivity index (χ2v) is 6.62. The van der Waals surface area contributed by atoms with Gasteiger partial charge in [0.1, 0.15) is 0 Å². The molecule has 1 aromatic rings. The van der Waals surface area contributed by atoms with Crippen LogP contribution in [0, 0.1) is 11.8 Å². The minimum atomic E-state index is 0.201. The Labute approximate surface area is 124 Å². The topological polar surface area (TPSA) is 29.3 Å². The molecular weight excluding hydrogens is 244 g/mol. The minimum absolute atomic E-state index is 0.201. The molecule has 0 radical (unpaired) electrons. The molecule has 0 aliphatic heterocycles. The molecule has 0 amide bonds. The van der Waals surface area contributed by atoms with Gasteiger partial charge in [0.2, 0.25) is 0 Å². The maximum atomic E-state index is 6.22. The number of hydrogen-bond donors (Lipinski definition) is 1. The van der Waals surface area contributed by atoms with Crippen molar-refractivity contribution in [3.8, 4) is 0 Å². The highest BCUT2D eigenvalue weighted by atomic mass is 15.2. The molecule has 1 saturated carbocycles. The Morgan fingerprint density at radius 1 is 1.25 bits per heavy atom. The number of benzene rings is 1. The number of rotatable bonds is 5. The average molecular weight is 274 g/mol. The van der Waals surface area contributed by atoms with Gasteiger partial charge in [-0.3, -0.25) is 4.90 Å². The standard InChI is InChI=1S/C18H30N2/c1-15-8-7-12-18(14-19,16(15)2)20(3)13-11-17-9-5-4-6-10-17/h4-6,9-10,15-16H,7-8,11-14,19H2,1-3H3. The summed E-state index contributed by atoms with van der Waals surface area (Å²) in [6, 6.07) is 10.8. The fraction of sp³-hybridized carbons (Fsp3) is 0.667. The molecule has 0 aromatic heterocycles. The first-order chi connectivity index (χ1) is 9.60. The van der Waals surface area contributed by atoms with Gasteiger partial charge in [-0.25, -0.2) is 0 Å². The van der Waals surface area contributed by atoms with Gasteiger partial charge in [-0.15, -0.1) is 0 Å². The molecule has 0 bridgehead atoms. The molecular formula is C18H30N2. The summed E-state index contributed by atoms with van der Waals surface area (Å²) in [6.07, 6.45) is 5.04. The summed E-state index contributed by atoms with van der Waals surface area (Å²) in [7, 11) is 2.27. The van der Waals surface area contributed by atoms with Crippen molar-refractivity contribution in [3.63, 3.8) is 0 Å². The first-order valence-electron chi connectivity index (χ1n) is 8.05. The second-order valence-electron chi connectivity index (χ2n) is 6.62. The highest BCUT2D eigenvalue weighted by Gasteiger charge is 2.43. The summed E-state index contributed by atoms with van der Waals surface area (Å²) < 4.78 is 0. The van der Waals surface area contributed by atoms with Crippen LogP contribution in [0.1, 0.15) is 38.7 Å². The molecule has 2 nitrogen and oxygen atoms in total. The summed E-state index contributed by atoms with van der Waals surface area (Å²) in [5, 5.41) is 0. The van der Waals surface area contributed by atoms with Crippen molar-refractivity contribution < 1.29 is 0 Å². The summed E-state index contributed by atoms with van der Waals surface area (Å²) in [4.78, 5) is 2.54. The molecule has 3 atom stereocenters. The lowest BCUT2D eigenvalue weighted by molar-refractivity contribution is 0.00729. The zero-order valence-corrected chi connectivity index (χ0v) is 13.3. The highest BCUT2D eigenvalue weighted by Crippen LogP contribution is 2.40. The zero-order valence-electron chi connectivity index (χ0n) is 13.3. The van der Waals surface area contributed by atoms with E-state index in [2.05, 4.69) is 56.1 Å². The lowest BCUT2D eigenvalue weighted by Crippen LogP contribution is -2.59. The second kappa shape index (κ2) is 6.73. The van der Waals surface area contributed by atoms with Crippen LogP contribution in [0.3, 0.4) is 0 Å². The molecule has 2 N–H and O–H groups in total. The number of nitrogens with two attached hydrogens (primary N) is 1. The molecule has 1 aromatic carbocycles. The van der Waals surface area contributed by atoms with Crippen LogP contribution in [0.25, 0.3) is 0 Å². The van der Waals surface area contributed by atoms with Gasteiger partial charge in [0.05, 0.1) is 0 Å². The maximum Gasteiger partial charge on any atom is 0.0356 e. The number of nitrogens with zero attached hydrogens (tertiary/aromatic N) is 1. The predicted molar refractivity (Wildman–Crippen MR) is 86.7 cm³/mol. The number of likely N-dealkylation sites (N-methyl/N-ethyl adjacent to an activating group) is 1. The maximum absolute atomic E-state index is 6.22. The van der Waals surface area contributed by atoms with E-state index in [0.29, 0.717) is 5.92 Å². The van der Waals surface area contributed by atoms with E-state index in [1.54, 1.807) is 0 Å². The van der Waals surface area contributed by atoms with E-state index >= 15 is 0 Å². The van der Waals surface area contributed by atoms with Crippen molar-refractivity contribution in [2.45, 2.75) is 45.1 Å². The van der Waals surface area contributed by atoms with Gasteiger partial charge in [0, 0.05) is 18.6 Å². The van der Waals surface area contributed by atoms with Crippen LogP contribution in [0.4, 0.5) is 0 Å². The number of hydrogen-bond acceptors (Lipinski definition) is 2. The van der Waals surface area contributed by atoms with Gasteiger partial charge in [0.25, 0.3) is 0 Å². The first kappa shape index (κ1) is 15.5. The van der Waals surface area contributed by atoms with Crippen molar-refractivity contribution in [2.75, 3.05) is 20.1 Å². The van der Waals surface area contributed by atoms with Crippen LogP contribution in [0.5, 0.6) is 0 Å². The largest absolute Gasteiger partial charge is 0.329 e. The minimum Gasteiger partial charge on any atom is -0.329 e. The van der Waals surface area contributed by atoms with Gasteiger partial charge in [-0.1, -0.05) is 57.0 Å². The third-order valence-electron chi connectivity index (χ3n) is 5.66. The molecule has 1 aliphatic carbocycles. The molecule has 3 unspecified atom stereocenters. The van der Waals surface area contributed by atoms with E-state index in [1.807, 2.05) is 0 Å². The Kier molecular flexibility index (Phi) is 5.22. The van der Waals surface area contributed by atoms with Gasteiger partial charge < -0.3 is 5.73 Å². The third kappa shape index (κ3) is 3.07. The van der Waals surface area contributed by atoms with Crippen molar-refractivity contribution in [2.24, 2.45) is 17.6 Å². The molecule has 0 heterocycles. The van der Waals surface area contributed by atoms with E-state index < -0.39 is 0 Å². The molecule has 0 saturated heterocycles. The van der Waals surface area contributed by atoms with E-state index in [4.69, 9.17) is 5.73 Å². The average Bonchev–Trinajstić information content (AvgIpc) is 2.49. The molecule has 1 aliphatic rings. The normalized spacial score (nSPS) is 30.6. The molecule has 20 heavy (non-hydrogen) atoms. The summed E-state index contributed by atoms with van der Waals surface area (Å²) >= 11 is 0. The van der Waals surface area contributed by atoms with Crippen molar-refractivity contribution in [1.82, 2.24) is 4.90 Å². The predicted octanol–water partition coefficient (Wildman–Crippen LogP) is 3.31. The van der Waals surface area contributed by atoms with Crippen molar-refractivity contribution in [1.29, 1.82) is 0 Å². The van der Waals surface area contributed by atoms with Crippen molar-refractivity contribution >= 4 is 0 Å². The van der Waals surface area contributed by atoms with Crippen LogP contribution in [0.15, 0.2) is 30.3 Å². The SMILES string of the molecule is CC1CCCC(CN)(N(C)CCc2ccccc2)C1C. The van der Waals surface area contributed by atoms with Gasteiger partial charge in [-0.2, -0.15) is 0 Å². The summed E-state index contributed by atoms with van der Waals surface area (Å²) in [6.45, 7) is 6.66. The molecule has 0 spiro atoms. The van der Waals surface area contributed by atoms with E-state index in [1.165, 1.54) is 24.8 Å². The van der Waals surface area contributed by atoms with E-state index in [0.717, 1.165) is 25.4 Å². The zero-order chi connectivity index (χ0) is 14.6. The first-order valence-corrected chi connectivity index (χ1v) is 8.05. The Morgan fingerprint density at radius 2 is 1.95 bits per heavy atom. The lowest BCUT2D eigenvalue weighted by Gasteiger charge is -2.51. The quantitative estimate of drug-likeness (QED) is 0.892. The van der Waals surface area contributed by atoms with E-state index in [9.17, 15) is 0 Å². The van der Waals surface area contributed by atoms with Crippen LogP contribution >= 0.6 is 0 Å². The van der Waals surface area contributed by atoms with Crippen molar-refractivity contribution in [3.05, 3.63) is 35.9 Å².